The maximum absolute atomic E-state index is 14.7. The number of nitrogens with zero attached hydrogens (tertiary/aromatic N) is 6. The number of carbonyl (C=O) groups excluding carboxylic acids is 1. The summed E-state index contributed by atoms with van der Waals surface area (Å²) < 4.78 is 19.7. The second kappa shape index (κ2) is 6.92. The smallest absolute Gasteiger partial charge is 0.414 e. The van der Waals surface area contributed by atoms with Crippen LogP contribution in [0, 0.1) is 5.82 Å². The van der Waals surface area contributed by atoms with Crippen LogP contribution < -0.4 is 4.90 Å². The summed E-state index contributed by atoms with van der Waals surface area (Å²) >= 11 is 5.72. The number of anilines is 1. The van der Waals surface area contributed by atoms with Crippen molar-refractivity contribution < 1.29 is 13.9 Å². The SMILES string of the molecule is Cn1nnc(-c2ccc(-c3ccc(N4C[C@@H](CCl)OC4=O)cc3F)cn2)n1. The van der Waals surface area contributed by atoms with Crippen LogP contribution >= 0.6 is 11.6 Å². The summed E-state index contributed by atoms with van der Waals surface area (Å²) in [5.74, 6) is 0.115. The van der Waals surface area contributed by atoms with E-state index in [4.69, 9.17) is 16.3 Å². The molecule has 10 heteroatoms. The normalized spacial score (nSPS) is 16.6. The first-order valence-corrected chi connectivity index (χ1v) is 8.63. The average molecular weight is 389 g/mol. The summed E-state index contributed by atoms with van der Waals surface area (Å²) in [6.45, 7) is 0.294. The van der Waals surface area contributed by atoms with Gasteiger partial charge in [-0.25, -0.2) is 9.18 Å². The van der Waals surface area contributed by atoms with Crippen molar-refractivity contribution in [3.63, 3.8) is 0 Å². The number of benzene rings is 1. The molecule has 4 rings (SSSR count). The number of pyridine rings is 1. The minimum absolute atomic E-state index is 0.196. The summed E-state index contributed by atoms with van der Waals surface area (Å²) in [7, 11) is 1.66. The molecule has 1 aliphatic heterocycles. The van der Waals surface area contributed by atoms with E-state index in [1.165, 1.54) is 22.0 Å². The average Bonchev–Trinajstić information content (AvgIpc) is 3.27. The van der Waals surface area contributed by atoms with Gasteiger partial charge < -0.3 is 4.74 Å². The predicted molar refractivity (Wildman–Crippen MR) is 95.8 cm³/mol. The van der Waals surface area contributed by atoms with Gasteiger partial charge in [-0.15, -0.1) is 21.8 Å². The van der Waals surface area contributed by atoms with Gasteiger partial charge in [0.2, 0.25) is 5.82 Å². The fourth-order valence-corrected chi connectivity index (χ4v) is 2.95. The van der Waals surface area contributed by atoms with Crippen LogP contribution in [-0.2, 0) is 11.8 Å². The number of hydrogen-bond acceptors (Lipinski definition) is 6. The molecular weight excluding hydrogens is 375 g/mol. The van der Waals surface area contributed by atoms with Crippen LogP contribution in [0.25, 0.3) is 22.6 Å². The maximum Gasteiger partial charge on any atom is 0.414 e. The van der Waals surface area contributed by atoms with E-state index < -0.39 is 18.0 Å². The van der Waals surface area contributed by atoms with E-state index in [1.807, 2.05) is 0 Å². The van der Waals surface area contributed by atoms with Crippen LogP contribution in [-0.4, -0.2) is 49.8 Å². The number of alkyl halides is 1. The number of carbonyl (C=O) groups is 1. The largest absolute Gasteiger partial charge is 0.443 e. The van der Waals surface area contributed by atoms with E-state index in [-0.39, 0.29) is 5.88 Å². The van der Waals surface area contributed by atoms with Gasteiger partial charge in [-0.2, -0.15) is 4.80 Å². The molecule has 0 saturated carbocycles. The van der Waals surface area contributed by atoms with Crippen molar-refractivity contribution in [3.05, 3.63) is 42.3 Å². The summed E-state index contributed by atoms with van der Waals surface area (Å²) in [4.78, 5) is 18.8. The molecule has 1 fully saturated rings. The zero-order valence-electron chi connectivity index (χ0n) is 14.2. The molecule has 138 valence electrons. The molecule has 27 heavy (non-hydrogen) atoms. The molecule has 3 aromatic rings. The van der Waals surface area contributed by atoms with Crippen molar-refractivity contribution in [1.82, 2.24) is 25.2 Å². The lowest BCUT2D eigenvalue weighted by Gasteiger charge is -2.14. The van der Waals surface area contributed by atoms with Crippen molar-refractivity contribution in [2.45, 2.75) is 6.10 Å². The number of cyclic esters (lactones) is 1. The standard InChI is InChI=1S/C17H14ClFN6O2/c1-24-22-16(21-23-24)15-5-2-10(8-20-15)13-4-3-11(6-14(13)19)25-9-12(7-18)27-17(25)26/h2-6,8,12H,7,9H2,1H3/t12-/m1/s1. The van der Waals surface area contributed by atoms with Crippen LogP contribution in [0.4, 0.5) is 14.9 Å². The third-order valence-corrected chi connectivity index (χ3v) is 4.47. The molecule has 1 aliphatic rings. The molecule has 3 heterocycles. The maximum atomic E-state index is 14.7. The van der Waals surface area contributed by atoms with Gasteiger partial charge in [0.05, 0.1) is 25.2 Å². The van der Waals surface area contributed by atoms with Crippen LogP contribution in [0.1, 0.15) is 0 Å². The first kappa shape index (κ1) is 17.3. The third kappa shape index (κ3) is 3.33. The molecule has 1 aromatic carbocycles. The Labute approximate surface area is 158 Å². The monoisotopic (exact) mass is 388 g/mol. The number of hydrogen-bond donors (Lipinski definition) is 0. The number of aryl methyl sites for hydroxylation is 1. The number of ether oxygens (including phenoxy) is 1. The van der Waals surface area contributed by atoms with Gasteiger partial charge in [0.15, 0.2) is 0 Å². The lowest BCUT2D eigenvalue weighted by atomic mass is 10.1. The van der Waals surface area contributed by atoms with E-state index >= 15 is 0 Å². The van der Waals surface area contributed by atoms with Crippen molar-refractivity contribution >= 4 is 23.4 Å². The zero-order valence-corrected chi connectivity index (χ0v) is 15.0. The molecule has 0 aliphatic carbocycles. The lowest BCUT2D eigenvalue weighted by molar-refractivity contribution is 0.151. The van der Waals surface area contributed by atoms with E-state index in [2.05, 4.69) is 20.4 Å². The van der Waals surface area contributed by atoms with Gasteiger partial charge in [0.25, 0.3) is 0 Å². The lowest BCUT2D eigenvalue weighted by Crippen LogP contribution is -2.24. The van der Waals surface area contributed by atoms with E-state index in [9.17, 15) is 9.18 Å². The van der Waals surface area contributed by atoms with Crippen molar-refractivity contribution in [1.29, 1.82) is 0 Å². The van der Waals surface area contributed by atoms with Gasteiger partial charge in [-0.1, -0.05) is 6.07 Å². The fraction of sp³-hybridized carbons (Fsp3) is 0.235. The van der Waals surface area contributed by atoms with Gasteiger partial charge >= 0.3 is 6.09 Å². The molecule has 1 saturated heterocycles. The number of aromatic nitrogens is 5. The van der Waals surface area contributed by atoms with Crippen molar-refractivity contribution in [2.24, 2.45) is 7.05 Å². The zero-order chi connectivity index (χ0) is 19.0. The molecule has 0 bridgehead atoms. The Bertz CT molecular complexity index is 993. The van der Waals surface area contributed by atoms with Gasteiger partial charge in [-0.3, -0.25) is 9.88 Å². The van der Waals surface area contributed by atoms with Crippen LogP contribution in [0.5, 0.6) is 0 Å². The Hall–Kier alpha value is -3.07. The minimum Gasteiger partial charge on any atom is -0.443 e. The highest BCUT2D eigenvalue weighted by Crippen LogP contribution is 2.29. The Morgan fingerprint density at radius 2 is 2.19 bits per heavy atom. The van der Waals surface area contributed by atoms with Gasteiger partial charge in [0.1, 0.15) is 17.6 Å². The first-order chi connectivity index (χ1) is 13.0. The number of halogens is 2. The molecule has 1 atom stereocenters. The Balaban J connectivity index is 1.58. The summed E-state index contributed by atoms with van der Waals surface area (Å²) in [5.41, 5.74) is 1.92. The van der Waals surface area contributed by atoms with Crippen LogP contribution in [0.2, 0.25) is 0 Å². The third-order valence-electron chi connectivity index (χ3n) is 4.12. The number of tetrazole rings is 1. The van der Waals surface area contributed by atoms with E-state index in [1.54, 1.807) is 31.3 Å². The number of amides is 1. The quantitative estimate of drug-likeness (QED) is 0.639. The molecular formula is C17H14ClFN6O2. The second-order valence-electron chi connectivity index (χ2n) is 5.97. The summed E-state index contributed by atoms with van der Waals surface area (Å²) in [5, 5.41) is 11.7. The Morgan fingerprint density at radius 1 is 1.33 bits per heavy atom. The summed E-state index contributed by atoms with van der Waals surface area (Å²) in [6.07, 6.45) is 0.612. The predicted octanol–water partition coefficient (Wildman–Crippen LogP) is 2.64. The molecule has 0 spiro atoms. The minimum atomic E-state index is -0.532. The first-order valence-electron chi connectivity index (χ1n) is 8.09. The fourth-order valence-electron chi connectivity index (χ4n) is 2.79. The Kier molecular flexibility index (Phi) is 4.44. The van der Waals surface area contributed by atoms with Gasteiger partial charge in [-0.05, 0) is 29.5 Å². The van der Waals surface area contributed by atoms with Gasteiger partial charge in [0, 0.05) is 17.3 Å². The van der Waals surface area contributed by atoms with Crippen LogP contribution in [0.3, 0.4) is 0 Å². The van der Waals surface area contributed by atoms with E-state index in [0.29, 0.717) is 34.9 Å². The number of rotatable bonds is 4. The topological polar surface area (TPSA) is 86.0 Å². The van der Waals surface area contributed by atoms with E-state index in [0.717, 1.165) is 0 Å². The Morgan fingerprint density at radius 3 is 2.78 bits per heavy atom. The highest BCUT2D eigenvalue weighted by Gasteiger charge is 2.32. The second-order valence-corrected chi connectivity index (χ2v) is 6.28. The van der Waals surface area contributed by atoms with Crippen molar-refractivity contribution in [3.8, 4) is 22.6 Å². The van der Waals surface area contributed by atoms with Crippen molar-refractivity contribution in [2.75, 3.05) is 17.3 Å². The molecule has 2 aromatic heterocycles. The molecule has 0 radical (unpaired) electrons. The molecule has 8 nitrogen and oxygen atoms in total. The van der Waals surface area contributed by atoms with Crippen LogP contribution in [0.15, 0.2) is 36.5 Å². The molecule has 0 N–H and O–H groups in total. The molecule has 0 unspecified atom stereocenters. The highest BCUT2D eigenvalue weighted by molar-refractivity contribution is 6.18. The summed E-state index contributed by atoms with van der Waals surface area (Å²) in [6, 6.07) is 7.98. The molecule has 1 amide bonds. The highest BCUT2D eigenvalue weighted by atomic mass is 35.5.